The normalized spacial score (nSPS) is 14.1. The van der Waals surface area contributed by atoms with Gasteiger partial charge in [-0.25, -0.2) is 14.2 Å². The topological polar surface area (TPSA) is 103 Å². The second kappa shape index (κ2) is 14.4. The number of benzene rings is 4. The number of nitriles is 1. The standard InChI is InChI=1S/C37H27FIN3O5S/c1-3-46-36(44)31-32(23-9-5-4-6-10-23)41-37-42(33(31)24-13-15-27(38)16-14-24)35(43)30(48-37)19-22-17-28(39)34(29(18-22)45-2)47-21-26-12-8-7-11-25(26)20-40/h4-19,33H,3,21H2,1-2H3/t33-/m0/s1. The van der Waals surface area contributed by atoms with Gasteiger partial charge in [-0.15, -0.1) is 0 Å². The molecule has 0 saturated heterocycles. The molecule has 0 amide bonds. The zero-order valence-corrected chi connectivity index (χ0v) is 28.8. The summed E-state index contributed by atoms with van der Waals surface area (Å²) >= 11 is 3.33. The number of thiazole rings is 1. The highest BCUT2D eigenvalue weighted by molar-refractivity contribution is 14.1. The average molecular weight is 772 g/mol. The number of fused-ring (bicyclic) bond motifs is 1. The van der Waals surface area contributed by atoms with Gasteiger partial charge in [-0.1, -0.05) is 72.0 Å². The molecule has 48 heavy (non-hydrogen) atoms. The molecule has 0 bridgehead atoms. The smallest absolute Gasteiger partial charge is 0.338 e. The van der Waals surface area contributed by atoms with E-state index in [1.807, 2.05) is 48.5 Å². The molecule has 2 heterocycles. The molecule has 4 aromatic carbocycles. The first-order chi connectivity index (χ1) is 23.3. The maximum atomic E-state index is 14.2. The van der Waals surface area contributed by atoms with E-state index in [1.165, 1.54) is 35.1 Å². The lowest BCUT2D eigenvalue weighted by atomic mass is 9.93. The minimum absolute atomic E-state index is 0.121. The predicted molar refractivity (Wildman–Crippen MR) is 189 cm³/mol. The van der Waals surface area contributed by atoms with Crippen LogP contribution in [-0.2, 0) is 16.1 Å². The third-order valence-corrected chi connectivity index (χ3v) is 9.40. The summed E-state index contributed by atoms with van der Waals surface area (Å²) in [6.45, 7) is 2.00. The quantitative estimate of drug-likeness (QED) is 0.132. The lowest BCUT2D eigenvalue weighted by molar-refractivity contribution is -0.138. The van der Waals surface area contributed by atoms with E-state index in [1.54, 1.807) is 43.3 Å². The lowest BCUT2D eigenvalue weighted by Gasteiger charge is -2.25. The number of hydrogen-bond donors (Lipinski definition) is 0. The van der Waals surface area contributed by atoms with Crippen LogP contribution in [0.4, 0.5) is 4.39 Å². The maximum Gasteiger partial charge on any atom is 0.338 e. The lowest BCUT2D eigenvalue weighted by Crippen LogP contribution is -2.40. The Morgan fingerprint density at radius 2 is 1.81 bits per heavy atom. The zero-order chi connectivity index (χ0) is 33.8. The molecule has 0 aliphatic carbocycles. The van der Waals surface area contributed by atoms with E-state index in [0.29, 0.717) is 48.8 Å². The van der Waals surface area contributed by atoms with Gasteiger partial charge in [-0.2, -0.15) is 5.26 Å². The van der Waals surface area contributed by atoms with Crippen molar-refractivity contribution in [2.24, 2.45) is 4.99 Å². The van der Waals surface area contributed by atoms with E-state index in [0.717, 1.165) is 9.13 Å². The first kappa shape index (κ1) is 32.9. The van der Waals surface area contributed by atoms with Gasteiger partial charge < -0.3 is 14.2 Å². The minimum Gasteiger partial charge on any atom is -0.493 e. The fourth-order valence-electron chi connectivity index (χ4n) is 5.42. The number of carbonyl (C=O) groups excluding carboxylic acids is 1. The van der Waals surface area contributed by atoms with E-state index in [-0.39, 0.29) is 24.3 Å². The number of ether oxygens (including phenoxy) is 3. The Morgan fingerprint density at radius 3 is 2.52 bits per heavy atom. The van der Waals surface area contributed by atoms with Crippen LogP contribution in [0, 0.1) is 20.7 Å². The highest BCUT2D eigenvalue weighted by atomic mass is 127. The molecule has 1 atom stereocenters. The van der Waals surface area contributed by atoms with Crippen molar-refractivity contribution >= 4 is 51.7 Å². The van der Waals surface area contributed by atoms with Crippen molar-refractivity contribution in [3.05, 3.63) is 153 Å². The van der Waals surface area contributed by atoms with Crippen molar-refractivity contribution in [2.75, 3.05) is 13.7 Å². The molecule has 0 radical (unpaired) electrons. The van der Waals surface area contributed by atoms with Crippen LogP contribution in [0.2, 0.25) is 0 Å². The molecule has 240 valence electrons. The number of nitrogens with zero attached hydrogens (tertiary/aromatic N) is 3. The number of methoxy groups -OCH3 is 1. The Morgan fingerprint density at radius 1 is 1.08 bits per heavy atom. The first-order valence-electron chi connectivity index (χ1n) is 14.8. The van der Waals surface area contributed by atoms with Crippen molar-refractivity contribution in [1.82, 2.24) is 4.57 Å². The summed E-state index contributed by atoms with van der Waals surface area (Å²) < 4.78 is 33.9. The number of rotatable bonds is 9. The molecule has 5 aromatic rings. The molecule has 0 unspecified atom stereocenters. The van der Waals surface area contributed by atoms with Crippen molar-refractivity contribution in [3.8, 4) is 17.6 Å². The van der Waals surface area contributed by atoms with Crippen LogP contribution in [0.1, 0.15) is 40.8 Å². The molecule has 11 heteroatoms. The Bertz CT molecular complexity index is 2280. The maximum absolute atomic E-state index is 14.2. The molecule has 6 rings (SSSR count). The Kier molecular flexibility index (Phi) is 9.84. The van der Waals surface area contributed by atoms with Gasteiger partial charge in [0.2, 0.25) is 0 Å². The molecule has 0 spiro atoms. The van der Waals surface area contributed by atoms with Crippen LogP contribution in [0.3, 0.4) is 0 Å². The van der Waals surface area contributed by atoms with Gasteiger partial charge in [0.05, 0.1) is 50.8 Å². The fourth-order valence-corrected chi connectivity index (χ4v) is 7.20. The first-order valence-corrected chi connectivity index (χ1v) is 16.7. The van der Waals surface area contributed by atoms with Crippen molar-refractivity contribution in [1.29, 1.82) is 5.26 Å². The van der Waals surface area contributed by atoms with Crippen molar-refractivity contribution in [2.45, 2.75) is 19.6 Å². The second-order valence-corrected chi connectivity index (χ2v) is 12.7. The molecule has 0 N–H and O–H groups in total. The van der Waals surface area contributed by atoms with Gasteiger partial charge in [0, 0.05) is 11.1 Å². The highest BCUT2D eigenvalue weighted by Crippen LogP contribution is 2.36. The Hall–Kier alpha value is -5.06. The molecule has 1 aromatic heterocycles. The SMILES string of the molecule is CCOC(=O)C1=C(c2ccccc2)N=c2sc(=Cc3cc(I)c(OCc4ccccc4C#N)c(OC)c3)c(=O)n2[C@H]1c1ccc(F)cc1. The summed E-state index contributed by atoms with van der Waals surface area (Å²) in [6, 6.07) is 27.0. The molecule has 0 saturated carbocycles. The number of aromatic nitrogens is 1. The van der Waals surface area contributed by atoms with Crippen LogP contribution < -0.4 is 24.4 Å². The van der Waals surface area contributed by atoms with E-state index < -0.39 is 17.8 Å². The van der Waals surface area contributed by atoms with Gasteiger partial charge >= 0.3 is 5.97 Å². The van der Waals surface area contributed by atoms with Crippen molar-refractivity contribution < 1.29 is 23.4 Å². The van der Waals surface area contributed by atoms with Crippen LogP contribution >= 0.6 is 33.9 Å². The summed E-state index contributed by atoms with van der Waals surface area (Å²) in [7, 11) is 1.53. The summed E-state index contributed by atoms with van der Waals surface area (Å²) in [5, 5.41) is 9.45. The average Bonchev–Trinajstić information content (AvgIpc) is 3.41. The van der Waals surface area contributed by atoms with Crippen LogP contribution in [0.15, 0.2) is 106 Å². The minimum atomic E-state index is -0.917. The number of carbonyl (C=O) groups is 1. The van der Waals surface area contributed by atoms with Crippen LogP contribution in [0.5, 0.6) is 11.5 Å². The molecule has 1 aliphatic rings. The third-order valence-electron chi connectivity index (χ3n) is 7.62. The van der Waals surface area contributed by atoms with Gasteiger partial charge in [0.15, 0.2) is 16.3 Å². The molecule has 0 fully saturated rings. The Labute approximate surface area is 292 Å². The summed E-state index contributed by atoms with van der Waals surface area (Å²) in [4.78, 5) is 33.0. The van der Waals surface area contributed by atoms with Crippen molar-refractivity contribution in [3.63, 3.8) is 0 Å². The summed E-state index contributed by atoms with van der Waals surface area (Å²) in [5.41, 5.74) is 3.36. The fraction of sp³-hybridized carbons (Fsp3) is 0.135. The van der Waals surface area contributed by atoms with E-state index in [2.05, 4.69) is 28.7 Å². The third kappa shape index (κ3) is 6.54. The molecule has 1 aliphatic heterocycles. The second-order valence-electron chi connectivity index (χ2n) is 10.6. The zero-order valence-electron chi connectivity index (χ0n) is 25.8. The van der Waals surface area contributed by atoms with Gasteiger partial charge in [-0.3, -0.25) is 9.36 Å². The summed E-state index contributed by atoms with van der Waals surface area (Å²) in [6.07, 6.45) is 1.74. The monoisotopic (exact) mass is 771 g/mol. The van der Waals surface area contributed by atoms with E-state index >= 15 is 0 Å². The van der Waals surface area contributed by atoms with Gasteiger partial charge in [0.1, 0.15) is 12.4 Å². The summed E-state index contributed by atoms with van der Waals surface area (Å²) in [5.74, 6) is -0.0970. The molecular formula is C37H27FIN3O5S. The number of hydrogen-bond acceptors (Lipinski definition) is 8. The van der Waals surface area contributed by atoms with Gasteiger partial charge in [-0.05, 0) is 77.0 Å². The van der Waals surface area contributed by atoms with Crippen LogP contribution in [0.25, 0.3) is 11.8 Å². The number of esters is 1. The van der Waals surface area contributed by atoms with E-state index in [4.69, 9.17) is 19.2 Å². The number of halogens is 2. The highest BCUT2D eigenvalue weighted by Gasteiger charge is 2.35. The molecular weight excluding hydrogens is 744 g/mol. The Balaban J connectivity index is 1.49. The van der Waals surface area contributed by atoms with Gasteiger partial charge in [0.25, 0.3) is 5.56 Å². The van der Waals surface area contributed by atoms with E-state index in [9.17, 15) is 19.2 Å². The predicted octanol–water partition coefficient (Wildman–Crippen LogP) is 6.14. The largest absolute Gasteiger partial charge is 0.493 e. The van der Waals surface area contributed by atoms with Crippen LogP contribution in [-0.4, -0.2) is 24.3 Å². The molecule has 8 nitrogen and oxygen atoms in total.